The van der Waals surface area contributed by atoms with Gasteiger partial charge in [-0.3, -0.25) is 5.10 Å². The van der Waals surface area contributed by atoms with Crippen LogP contribution in [0, 0.1) is 6.92 Å². The van der Waals surface area contributed by atoms with Crippen LogP contribution in [0.5, 0.6) is 0 Å². The minimum absolute atomic E-state index is 0.0772. The lowest BCUT2D eigenvalue weighted by Crippen LogP contribution is -2.46. The molecule has 0 radical (unpaired) electrons. The summed E-state index contributed by atoms with van der Waals surface area (Å²) in [7, 11) is -3.64. The molecule has 0 aromatic carbocycles. The Kier molecular flexibility index (Phi) is 3.45. The lowest BCUT2D eigenvalue weighted by Gasteiger charge is -2.23. The van der Waals surface area contributed by atoms with Crippen molar-refractivity contribution in [2.75, 3.05) is 13.2 Å². The monoisotopic (exact) mass is 274 g/mol. The number of aromatic amines is 1. The van der Waals surface area contributed by atoms with Gasteiger partial charge < -0.3 is 10.5 Å². The number of aryl methyl sites for hydroxylation is 1. The van der Waals surface area contributed by atoms with Crippen LogP contribution < -0.4 is 10.5 Å². The maximum absolute atomic E-state index is 12.4. The van der Waals surface area contributed by atoms with Gasteiger partial charge in [-0.15, -0.1) is 0 Å². The van der Waals surface area contributed by atoms with E-state index >= 15 is 0 Å². The fourth-order valence-corrected chi connectivity index (χ4v) is 3.89. The highest BCUT2D eigenvalue weighted by Crippen LogP contribution is 2.23. The quantitative estimate of drug-likeness (QED) is 0.694. The van der Waals surface area contributed by atoms with Gasteiger partial charge in [-0.05, 0) is 20.3 Å². The van der Waals surface area contributed by atoms with Crippen LogP contribution in [0.3, 0.4) is 0 Å². The molecule has 4 N–H and O–H groups in total. The van der Waals surface area contributed by atoms with Crippen molar-refractivity contribution >= 4 is 10.0 Å². The predicted octanol–water partition coefficient (Wildman–Crippen LogP) is -0.366. The first-order chi connectivity index (χ1) is 8.38. The second-order valence-corrected chi connectivity index (χ2v) is 6.42. The average Bonchev–Trinajstić information content (AvgIpc) is 2.84. The van der Waals surface area contributed by atoms with E-state index in [4.69, 9.17) is 10.5 Å². The first-order valence-corrected chi connectivity index (χ1v) is 7.22. The molecule has 1 fully saturated rings. The molecule has 18 heavy (non-hydrogen) atoms. The number of rotatable bonds is 4. The Hall–Kier alpha value is -0.960. The number of hydrogen-bond acceptors (Lipinski definition) is 5. The summed E-state index contributed by atoms with van der Waals surface area (Å²) in [5, 5.41) is 6.55. The smallest absolute Gasteiger partial charge is 0.244 e. The second-order valence-electron chi connectivity index (χ2n) is 4.80. The molecule has 1 aromatic rings. The molecule has 1 aromatic heterocycles. The number of nitrogens with two attached hydrogens (primary N) is 1. The summed E-state index contributed by atoms with van der Waals surface area (Å²) < 4.78 is 32.7. The summed E-state index contributed by atoms with van der Waals surface area (Å²) in [5.41, 5.74) is 5.78. The average molecular weight is 274 g/mol. The highest BCUT2D eigenvalue weighted by Gasteiger charge is 2.36. The lowest BCUT2D eigenvalue weighted by atomic mass is 10.0. The standard InChI is InChI=1S/C10H18N4O3S/c1-7-9(8(5-11)13-12-7)18(15,16)14-10(2)3-4-17-6-10/h14H,3-6,11H2,1-2H3,(H,12,13). The highest BCUT2D eigenvalue weighted by molar-refractivity contribution is 7.89. The van der Waals surface area contributed by atoms with Crippen LogP contribution in [-0.4, -0.2) is 37.4 Å². The van der Waals surface area contributed by atoms with Gasteiger partial charge in [0.2, 0.25) is 10.0 Å². The first kappa shape index (κ1) is 13.5. The number of sulfonamides is 1. The molecule has 1 unspecified atom stereocenters. The van der Waals surface area contributed by atoms with E-state index in [0.29, 0.717) is 31.0 Å². The zero-order valence-electron chi connectivity index (χ0n) is 10.5. The van der Waals surface area contributed by atoms with Crippen molar-refractivity contribution in [1.29, 1.82) is 0 Å². The van der Waals surface area contributed by atoms with Crippen LogP contribution in [0.1, 0.15) is 24.7 Å². The third kappa shape index (κ3) is 2.41. The molecule has 7 nitrogen and oxygen atoms in total. The third-order valence-electron chi connectivity index (χ3n) is 3.02. The molecule has 1 atom stereocenters. The molecule has 1 aliphatic rings. The minimum atomic E-state index is -3.64. The topological polar surface area (TPSA) is 110 Å². The Morgan fingerprint density at radius 2 is 2.33 bits per heavy atom. The van der Waals surface area contributed by atoms with E-state index in [1.807, 2.05) is 6.92 Å². The summed E-state index contributed by atoms with van der Waals surface area (Å²) in [6, 6.07) is 0. The number of hydrogen-bond donors (Lipinski definition) is 3. The van der Waals surface area contributed by atoms with Crippen molar-refractivity contribution in [3.8, 4) is 0 Å². The Morgan fingerprint density at radius 1 is 1.61 bits per heavy atom. The third-order valence-corrected chi connectivity index (χ3v) is 4.86. The van der Waals surface area contributed by atoms with Gasteiger partial charge in [0.25, 0.3) is 0 Å². The summed E-state index contributed by atoms with van der Waals surface area (Å²) in [4.78, 5) is 0.151. The SMILES string of the molecule is Cc1[nH]nc(CN)c1S(=O)(=O)NC1(C)CCOC1. The van der Waals surface area contributed by atoms with E-state index in [0.717, 1.165) is 0 Å². The summed E-state index contributed by atoms with van der Waals surface area (Å²) in [6.07, 6.45) is 0.654. The fourth-order valence-electron chi connectivity index (χ4n) is 2.09. The van der Waals surface area contributed by atoms with Crippen molar-refractivity contribution in [2.24, 2.45) is 5.73 Å². The summed E-state index contributed by atoms with van der Waals surface area (Å²) in [6.45, 7) is 4.51. The van der Waals surface area contributed by atoms with E-state index in [9.17, 15) is 8.42 Å². The van der Waals surface area contributed by atoms with Gasteiger partial charge in [0.05, 0.1) is 23.5 Å². The van der Waals surface area contributed by atoms with Gasteiger partial charge in [0.15, 0.2) is 0 Å². The van der Waals surface area contributed by atoms with Crippen molar-refractivity contribution in [3.63, 3.8) is 0 Å². The molecule has 102 valence electrons. The number of nitrogens with one attached hydrogen (secondary N) is 2. The van der Waals surface area contributed by atoms with Gasteiger partial charge in [0.1, 0.15) is 4.90 Å². The first-order valence-electron chi connectivity index (χ1n) is 5.74. The summed E-state index contributed by atoms with van der Waals surface area (Å²) in [5.74, 6) is 0. The molecule has 0 bridgehead atoms. The molecule has 0 spiro atoms. The van der Waals surface area contributed by atoms with Crippen molar-refractivity contribution in [1.82, 2.24) is 14.9 Å². The van der Waals surface area contributed by atoms with Gasteiger partial charge in [-0.1, -0.05) is 0 Å². The van der Waals surface area contributed by atoms with Crippen LogP contribution in [0.15, 0.2) is 4.90 Å². The molecular weight excluding hydrogens is 256 g/mol. The van der Waals surface area contributed by atoms with Gasteiger partial charge in [-0.2, -0.15) is 5.10 Å². The number of aromatic nitrogens is 2. The van der Waals surface area contributed by atoms with E-state index in [1.54, 1.807) is 6.92 Å². The van der Waals surface area contributed by atoms with Crippen LogP contribution in [0.4, 0.5) is 0 Å². The zero-order valence-corrected chi connectivity index (χ0v) is 11.3. The van der Waals surface area contributed by atoms with E-state index in [-0.39, 0.29) is 11.4 Å². The van der Waals surface area contributed by atoms with Crippen molar-refractivity contribution in [2.45, 2.75) is 37.2 Å². The van der Waals surface area contributed by atoms with Crippen LogP contribution in [0.2, 0.25) is 0 Å². The highest BCUT2D eigenvalue weighted by atomic mass is 32.2. The minimum Gasteiger partial charge on any atom is -0.379 e. The van der Waals surface area contributed by atoms with Crippen LogP contribution >= 0.6 is 0 Å². The molecule has 1 aliphatic heterocycles. The van der Waals surface area contributed by atoms with Crippen molar-refractivity contribution < 1.29 is 13.2 Å². The van der Waals surface area contributed by atoms with E-state index < -0.39 is 15.6 Å². The molecule has 1 saturated heterocycles. The molecular formula is C10H18N4O3S. The van der Waals surface area contributed by atoms with Crippen molar-refractivity contribution in [3.05, 3.63) is 11.4 Å². The normalized spacial score (nSPS) is 24.6. The lowest BCUT2D eigenvalue weighted by molar-refractivity contribution is 0.178. The number of H-pyrrole nitrogens is 1. The molecule has 0 aliphatic carbocycles. The zero-order chi connectivity index (χ0) is 13.4. The van der Waals surface area contributed by atoms with Gasteiger partial charge in [-0.25, -0.2) is 13.1 Å². The Morgan fingerprint density at radius 3 is 2.89 bits per heavy atom. The Bertz CT molecular complexity index is 531. The second kappa shape index (κ2) is 4.61. The van der Waals surface area contributed by atoms with Gasteiger partial charge in [0, 0.05) is 13.2 Å². The number of nitrogens with zero attached hydrogens (tertiary/aromatic N) is 1. The molecule has 8 heteroatoms. The summed E-state index contributed by atoms with van der Waals surface area (Å²) >= 11 is 0. The Labute approximate surface area is 106 Å². The fraction of sp³-hybridized carbons (Fsp3) is 0.700. The van der Waals surface area contributed by atoms with Gasteiger partial charge >= 0.3 is 0 Å². The molecule has 0 saturated carbocycles. The molecule has 2 heterocycles. The maximum Gasteiger partial charge on any atom is 0.244 e. The largest absolute Gasteiger partial charge is 0.379 e. The van der Waals surface area contributed by atoms with E-state index in [1.165, 1.54) is 0 Å². The molecule has 0 amide bonds. The van der Waals surface area contributed by atoms with Crippen LogP contribution in [-0.2, 0) is 21.3 Å². The predicted molar refractivity (Wildman–Crippen MR) is 65.4 cm³/mol. The molecule has 2 rings (SSSR count). The van der Waals surface area contributed by atoms with E-state index in [2.05, 4.69) is 14.9 Å². The number of ether oxygens (including phenoxy) is 1. The Balaban J connectivity index is 2.33. The maximum atomic E-state index is 12.4. The van der Waals surface area contributed by atoms with Crippen LogP contribution in [0.25, 0.3) is 0 Å².